The minimum Gasteiger partial charge on any atom is -0.466 e. The zero-order valence-electron chi connectivity index (χ0n) is 8.41. The lowest BCUT2D eigenvalue weighted by molar-refractivity contribution is -0.150. The quantitative estimate of drug-likeness (QED) is 0.628. The largest absolute Gasteiger partial charge is 0.466 e. The maximum Gasteiger partial charge on any atom is 0.308 e. The number of ether oxygens (including phenoxy) is 2. The van der Waals surface area contributed by atoms with Crippen molar-refractivity contribution < 1.29 is 14.3 Å². The predicted molar refractivity (Wildman–Crippen MR) is 49.3 cm³/mol. The van der Waals surface area contributed by atoms with Crippen molar-refractivity contribution in [3.8, 4) is 0 Å². The molecular formula is C10H18O3. The van der Waals surface area contributed by atoms with Crippen LogP contribution in [-0.4, -0.2) is 25.8 Å². The van der Waals surface area contributed by atoms with Crippen molar-refractivity contribution in [3.63, 3.8) is 0 Å². The minimum atomic E-state index is -0.0607. The number of carbonyl (C=O) groups is 1. The van der Waals surface area contributed by atoms with Crippen molar-refractivity contribution >= 4 is 5.97 Å². The van der Waals surface area contributed by atoms with E-state index in [1.54, 1.807) is 0 Å². The van der Waals surface area contributed by atoms with E-state index < -0.39 is 0 Å². The molecule has 1 heterocycles. The van der Waals surface area contributed by atoms with Crippen molar-refractivity contribution in [2.45, 2.75) is 26.7 Å². The summed E-state index contributed by atoms with van der Waals surface area (Å²) in [4.78, 5) is 11.4. The number of carbonyl (C=O) groups excluding carboxylic acids is 1. The summed E-state index contributed by atoms with van der Waals surface area (Å²) in [5, 5.41) is 0. The summed E-state index contributed by atoms with van der Waals surface area (Å²) in [6.45, 7) is 5.85. The van der Waals surface area contributed by atoms with Crippen LogP contribution in [0.1, 0.15) is 26.7 Å². The highest BCUT2D eigenvalue weighted by molar-refractivity contribution is 5.72. The predicted octanol–water partition coefficient (Wildman–Crippen LogP) is 1.61. The Morgan fingerprint density at radius 3 is 2.69 bits per heavy atom. The van der Waals surface area contributed by atoms with Crippen LogP contribution in [0, 0.1) is 11.8 Å². The molecule has 0 spiro atoms. The molecule has 1 aliphatic heterocycles. The van der Waals surface area contributed by atoms with E-state index in [1.807, 2.05) is 13.8 Å². The molecule has 1 atom stereocenters. The summed E-state index contributed by atoms with van der Waals surface area (Å²) in [7, 11) is 0. The van der Waals surface area contributed by atoms with Gasteiger partial charge in [-0.15, -0.1) is 0 Å². The minimum absolute atomic E-state index is 0.0313. The summed E-state index contributed by atoms with van der Waals surface area (Å²) in [6, 6.07) is 0. The molecule has 0 saturated carbocycles. The molecule has 0 amide bonds. The van der Waals surface area contributed by atoms with E-state index in [2.05, 4.69) is 0 Å². The van der Waals surface area contributed by atoms with E-state index in [0.29, 0.717) is 12.5 Å². The molecular weight excluding hydrogens is 168 g/mol. The first-order valence-corrected chi connectivity index (χ1v) is 5.00. The van der Waals surface area contributed by atoms with Gasteiger partial charge in [0.25, 0.3) is 0 Å². The van der Waals surface area contributed by atoms with Crippen molar-refractivity contribution in [2.24, 2.45) is 11.8 Å². The smallest absolute Gasteiger partial charge is 0.308 e. The lowest BCUT2D eigenvalue weighted by Crippen LogP contribution is -2.28. The zero-order chi connectivity index (χ0) is 9.68. The van der Waals surface area contributed by atoms with Gasteiger partial charge in [0.2, 0.25) is 0 Å². The van der Waals surface area contributed by atoms with Gasteiger partial charge < -0.3 is 9.47 Å². The van der Waals surface area contributed by atoms with Crippen LogP contribution in [0.15, 0.2) is 0 Å². The fourth-order valence-corrected chi connectivity index (χ4v) is 1.68. The maximum atomic E-state index is 11.4. The van der Waals surface area contributed by atoms with Gasteiger partial charge in [0.05, 0.1) is 12.5 Å². The third-order valence-corrected chi connectivity index (χ3v) is 2.63. The molecule has 0 bridgehead atoms. The second-order valence-electron chi connectivity index (χ2n) is 3.49. The van der Waals surface area contributed by atoms with Crippen LogP contribution in [0.2, 0.25) is 0 Å². The second-order valence-corrected chi connectivity index (χ2v) is 3.49. The number of hydrogen-bond acceptors (Lipinski definition) is 3. The van der Waals surface area contributed by atoms with Gasteiger partial charge in [0, 0.05) is 13.2 Å². The standard InChI is InChI=1S/C10H18O3/c1-3-13-10(11)8(2)9-4-6-12-7-5-9/h8-9H,3-7H2,1-2H3/t8-/m0/s1. The fourth-order valence-electron chi connectivity index (χ4n) is 1.68. The summed E-state index contributed by atoms with van der Waals surface area (Å²) < 4.78 is 10.2. The van der Waals surface area contributed by atoms with E-state index in [0.717, 1.165) is 26.1 Å². The molecule has 0 N–H and O–H groups in total. The Labute approximate surface area is 79.4 Å². The van der Waals surface area contributed by atoms with Crippen LogP contribution in [-0.2, 0) is 14.3 Å². The van der Waals surface area contributed by atoms with E-state index in [1.165, 1.54) is 0 Å². The lowest BCUT2D eigenvalue weighted by Gasteiger charge is -2.26. The van der Waals surface area contributed by atoms with Gasteiger partial charge >= 0.3 is 5.97 Å². The molecule has 76 valence electrons. The molecule has 1 saturated heterocycles. The molecule has 0 aliphatic carbocycles. The Morgan fingerprint density at radius 1 is 1.54 bits per heavy atom. The molecule has 0 aromatic heterocycles. The summed E-state index contributed by atoms with van der Waals surface area (Å²) in [5.74, 6) is 0.422. The SMILES string of the molecule is CCOC(=O)[C@@H](C)C1CCOCC1. The van der Waals surface area contributed by atoms with Gasteiger partial charge in [-0.3, -0.25) is 4.79 Å². The number of hydrogen-bond donors (Lipinski definition) is 0. The molecule has 13 heavy (non-hydrogen) atoms. The fraction of sp³-hybridized carbons (Fsp3) is 0.900. The van der Waals surface area contributed by atoms with Crippen LogP contribution in [0.3, 0.4) is 0 Å². The Kier molecular flexibility index (Phi) is 4.22. The molecule has 0 unspecified atom stereocenters. The molecule has 3 heteroatoms. The van der Waals surface area contributed by atoms with Gasteiger partial charge in [0.15, 0.2) is 0 Å². The Morgan fingerprint density at radius 2 is 2.15 bits per heavy atom. The van der Waals surface area contributed by atoms with E-state index in [9.17, 15) is 4.79 Å². The first-order chi connectivity index (χ1) is 6.25. The highest BCUT2D eigenvalue weighted by atomic mass is 16.5. The number of esters is 1. The van der Waals surface area contributed by atoms with Crippen LogP contribution in [0.5, 0.6) is 0 Å². The molecule has 1 rings (SSSR count). The maximum absolute atomic E-state index is 11.4. The van der Waals surface area contributed by atoms with Crippen molar-refractivity contribution in [1.29, 1.82) is 0 Å². The average Bonchev–Trinajstić information content (AvgIpc) is 2.18. The topological polar surface area (TPSA) is 35.5 Å². The average molecular weight is 186 g/mol. The molecule has 0 radical (unpaired) electrons. The van der Waals surface area contributed by atoms with Crippen molar-refractivity contribution in [1.82, 2.24) is 0 Å². The van der Waals surface area contributed by atoms with Gasteiger partial charge in [-0.1, -0.05) is 6.92 Å². The molecule has 1 aliphatic rings. The van der Waals surface area contributed by atoms with Crippen LogP contribution < -0.4 is 0 Å². The van der Waals surface area contributed by atoms with Crippen LogP contribution in [0.4, 0.5) is 0 Å². The lowest BCUT2D eigenvalue weighted by atomic mass is 9.87. The Hall–Kier alpha value is -0.570. The van der Waals surface area contributed by atoms with Gasteiger partial charge in [-0.25, -0.2) is 0 Å². The van der Waals surface area contributed by atoms with Crippen molar-refractivity contribution in [2.75, 3.05) is 19.8 Å². The normalized spacial score (nSPS) is 21.1. The van der Waals surface area contributed by atoms with Crippen LogP contribution >= 0.6 is 0 Å². The Bertz CT molecular complexity index is 162. The highest BCUT2D eigenvalue weighted by Crippen LogP contribution is 2.24. The summed E-state index contributed by atoms with van der Waals surface area (Å²) in [5.41, 5.74) is 0. The van der Waals surface area contributed by atoms with Gasteiger partial charge in [0.1, 0.15) is 0 Å². The monoisotopic (exact) mass is 186 g/mol. The second kappa shape index (κ2) is 5.22. The van der Waals surface area contributed by atoms with Gasteiger partial charge in [-0.05, 0) is 25.7 Å². The van der Waals surface area contributed by atoms with E-state index in [4.69, 9.17) is 9.47 Å². The van der Waals surface area contributed by atoms with Crippen molar-refractivity contribution in [3.05, 3.63) is 0 Å². The first-order valence-electron chi connectivity index (χ1n) is 5.00. The molecule has 3 nitrogen and oxygen atoms in total. The third kappa shape index (κ3) is 2.99. The first kappa shape index (κ1) is 10.5. The van der Waals surface area contributed by atoms with E-state index in [-0.39, 0.29) is 11.9 Å². The summed E-state index contributed by atoms with van der Waals surface area (Å²) in [6.07, 6.45) is 1.97. The zero-order valence-corrected chi connectivity index (χ0v) is 8.41. The molecule has 0 aromatic rings. The Balaban J connectivity index is 2.35. The highest BCUT2D eigenvalue weighted by Gasteiger charge is 2.26. The van der Waals surface area contributed by atoms with Gasteiger partial charge in [-0.2, -0.15) is 0 Å². The number of rotatable bonds is 3. The summed E-state index contributed by atoms with van der Waals surface area (Å²) >= 11 is 0. The molecule has 0 aromatic carbocycles. The van der Waals surface area contributed by atoms with E-state index >= 15 is 0 Å². The molecule has 1 fully saturated rings. The third-order valence-electron chi connectivity index (χ3n) is 2.63. The van der Waals surface area contributed by atoms with Crippen LogP contribution in [0.25, 0.3) is 0 Å².